The van der Waals surface area contributed by atoms with E-state index in [-0.39, 0.29) is 6.61 Å². The molecule has 0 atom stereocenters. The van der Waals surface area contributed by atoms with E-state index in [2.05, 4.69) is 13.5 Å². The third-order valence-corrected chi connectivity index (χ3v) is 1.86. The number of hydrogen-bond donors (Lipinski definition) is 1. The lowest BCUT2D eigenvalue weighted by molar-refractivity contribution is 0.326. The molecule has 1 nitrogen and oxygen atoms in total. The lowest BCUT2D eigenvalue weighted by Crippen LogP contribution is -1.88. The first-order valence-corrected chi connectivity index (χ1v) is 4.58. The summed E-state index contributed by atoms with van der Waals surface area (Å²) in [6, 6.07) is 0. The Hall–Kier alpha value is -0.300. The Kier molecular flexibility index (Phi) is 7.59. The average Bonchev–Trinajstić information content (AvgIpc) is 2.04. The van der Waals surface area contributed by atoms with Gasteiger partial charge >= 0.3 is 0 Å². The number of hydrogen-bond acceptors (Lipinski definition) is 1. The van der Waals surface area contributed by atoms with Gasteiger partial charge in [0.05, 0.1) is 6.61 Å². The van der Waals surface area contributed by atoms with Crippen molar-refractivity contribution in [1.29, 1.82) is 0 Å². The summed E-state index contributed by atoms with van der Waals surface area (Å²) in [7, 11) is 0. The van der Waals surface area contributed by atoms with Crippen molar-refractivity contribution in [2.45, 2.75) is 45.4 Å². The first kappa shape index (κ1) is 10.7. The highest BCUT2D eigenvalue weighted by Crippen LogP contribution is 2.08. The molecule has 0 amide bonds. The van der Waals surface area contributed by atoms with E-state index < -0.39 is 0 Å². The highest BCUT2D eigenvalue weighted by molar-refractivity contribution is 4.92. The van der Waals surface area contributed by atoms with Crippen molar-refractivity contribution in [3.05, 3.63) is 12.2 Å². The molecule has 0 rings (SSSR count). The Bertz CT molecular complexity index is 97.0. The van der Waals surface area contributed by atoms with Crippen molar-refractivity contribution in [3.8, 4) is 0 Å². The quantitative estimate of drug-likeness (QED) is 0.444. The molecule has 0 heterocycles. The van der Waals surface area contributed by atoms with Gasteiger partial charge in [0.15, 0.2) is 0 Å². The average molecular weight is 156 g/mol. The normalized spacial score (nSPS) is 10.0. The van der Waals surface area contributed by atoms with E-state index in [1.54, 1.807) is 0 Å². The molecular weight excluding hydrogens is 136 g/mol. The highest BCUT2D eigenvalue weighted by Gasteiger charge is 1.92. The third-order valence-electron chi connectivity index (χ3n) is 1.86. The van der Waals surface area contributed by atoms with E-state index >= 15 is 0 Å². The Morgan fingerprint density at radius 3 is 2.36 bits per heavy atom. The molecule has 0 aromatic heterocycles. The van der Waals surface area contributed by atoms with Crippen LogP contribution in [0.4, 0.5) is 0 Å². The van der Waals surface area contributed by atoms with Gasteiger partial charge in [-0.1, -0.05) is 44.8 Å². The van der Waals surface area contributed by atoms with Crippen LogP contribution < -0.4 is 0 Å². The van der Waals surface area contributed by atoms with Gasteiger partial charge in [0.2, 0.25) is 0 Å². The molecule has 0 radical (unpaired) electrons. The molecular formula is C10H20O. The van der Waals surface area contributed by atoms with Crippen LogP contribution in [0.3, 0.4) is 0 Å². The summed E-state index contributed by atoms with van der Waals surface area (Å²) in [4.78, 5) is 0. The summed E-state index contributed by atoms with van der Waals surface area (Å²) in [6.45, 7) is 6.12. The van der Waals surface area contributed by atoms with E-state index in [1.807, 2.05) is 0 Å². The van der Waals surface area contributed by atoms with Crippen LogP contribution in [-0.2, 0) is 0 Å². The SMILES string of the molecule is C=C(CO)CCCCCCC. The van der Waals surface area contributed by atoms with Crippen LogP contribution in [0.5, 0.6) is 0 Å². The molecule has 0 saturated carbocycles. The Labute approximate surface area is 70.1 Å². The lowest BCUT2D eigenvalue weighted by atomic mass is 10.1. The van der Waals surface area contributed by atoms with Crippen molar-refractivity contribution < 1.29 is 5.11 Å². The minimum absolute atomic E-state index is 0.160. The van der Waals surface area contributed by atoms with Crippen molar-refractivity contribution in [1.82, 2.24) is 0 Å². The van der Waals surface area contributed by atoms with Gasteiger partial charge in [0, 0.05) is 0 Å². The summed E-state index contributed by atoms with van der Waals surface area (Å²) in [5.74, 6) is 0. The van der Waals surface area contributed by atoms with Crippen LogP contribution in [0, 0.1) is 0 Å². The Morgan fingerprint density at radius 1 is 1.18 bits per heavy atom. The molecule has 0 unspecified atom stereocenters. The van der Waals surface area contributed by atoms with Crippen LogP contribution in [-0.4, -0.2) is 11.7 Å². The topological polar surface area (TPSA) is 20.2 Å². The zero-order chi connectivity index (χ0) is 8.53. The molecule has 0 fully saturated rings. The molecule has 0 spiro atoms. The van der Waals surface area contributed by atoms with Gasteiger partial charge < -0.3 is 5.11 Å². The fraction of sp³-hybridized carbons (Fsp3) is 0.800. The van der Waals surface area contributed by atoms with Gasteiger partial charge in [-0.05, 0) is 12.8 Å². The summed E-state index contributed by atoms with van der Waals surface area (Å²) in [6.07, 6.45) is 7.44. The van der Waals surface area contributed by atoms with Gasteiger partial charge in [-0.25, -0.2) is 0 Å². The number of unbranched alkanes of at least 4 members (excludes halogenated alkanes) is 4. The zero-order valence-electron chi connectivity index (χ0n) is 7.60. The summed E-state index contributed by atoms with van der Waals surface area (Å²) < 4.78 is 0. The van der Waals surface area contributed by atoms with Crippen LogP contribution >= 0.6 is 0 Å². The smallest absolute Gasteiger partial charge is 0.0639 e. The van der Waals surface area contributed by atoms with Crippen LogP contribution in [0.25, 0.3) is 0 Å². The minimum Gasteiger partial charge on any atom is -0.392 e. The second-order valence-electron chi connectivity index (χ2n) is 3.07. The van der Waals surface area contributed by atoms with Gasteiger partial charge in [-0.2, -0.15) is 0 Å². The number of rotatable bonds is 7. The maximum absolute atomic E-state index is 8.64. The fourth-order valence-corrected chi connectivity index (χ4v) is 1.06. The van der Waals surface area contributed by atoms with E-state index in [4.69, 9.17) is 5.11 Å². The van der Waals surface area contributed by atoms with Crippen molar-refractivity contribution >= 4 is 0 Å². The van der Waals surface area contributed by atoms with E-state index in [0.717, 1.165) is 12.0 Å². The highest BCUT2D eigenvalue weighted by atomic mass is 16.3. The number of aliphatic hydroxyl groups excluding tert-OH is 1. The van der Waals surface area contributed by atoms with Crippen LogP contribution in [0.1, 0.15) is 45.4 Å². The zero-order valence-corrected chi connectivity index (χ0v) is 7.60. The van der Waals surface area contributed by atoms with E-state index in [9.17, 15) is 0 Å². The second kappa shape index (κ2) is 7.80. The van der Waals surface area contributed by atoms with Gasteiger partial charge in [-0.15, -0.1) is 0 Å². The molecule has 0 aromatic rings. The molecule has 0 bridgehead atoms. The number of aliphatic hydroxyl groups is 1. The molecule has 11 heavy (non-hydrogen) atoms. The van der Waals surface area contributed by atoms with Gasteiger partial charge in [0.25, 0.3) is 0 Å². The predicted octanol–water partition coefficient (Wildman–Crippen LogP) is 2.90. The van der Waals surface area contributed by atoms with E-state index in [1.165, 1.54) is 32.1 Å². The van der Waals surface area contributed by atoms with Crippen molar-refractivity contribution in [2.24, 2.45) is 0 Å². The molecule has 0 aliphatic rings. The second-order valence-corrected chi connectivity index (χ2v) is 3.07. The summed E-state index contributed by atoms with van der Waals surface area (Å²) in [5, 5.41) is 8.64. The molecule has 1 N–H and O–H groups in total. The Morgan fingerprint density at radius 2 is 1.82 bits per heavy atom. The lowest BCUT2D eigenvalue weighted by Gasteiger charge is -2.00. The van der Waals surface area contributed by atoms with Gasteiger partial charge in [0.1, 0.15) is 0 Å². The molecule has 0 aliphatic heterocycles. The summed E-state index contributed by atoms with van der Waals surface area (Å²) in [5.41, 5.74) is 0.974. The summed E-state index contributed by atoms with van der Waals surface area (Å²) >= 11 is 0. The van der Waals surface area contributed by atoms with E-state index in [0.29, 0.717) is 0 Å². The molecule has 0 saturated heterocycles. The molecule has 0 aliphatic carbocycles. The van der Waals surface area contributed by atoms with Crippen molar-refractivity contribution in [3.63, 3.8) is 0 Å². The fourth-order valence-electron chi connectivity index (χ4n) is 1.06. The molecule has 66 valence electrons. The first-order valence-electron chi connectivity index (χ1n) is 4.58. The van der Waals surface area contributed by atoms with Crippen LogP contribution in [0.15, 0.2) is 12.2 Å². The predicted molar refractivity (Wildman–Crippen MR) is 49.6 cm³/mol. The monoisotopic (exact) mass is 156 g/mol. The van der Waals surface area contributed by atoms with Crippen LogP contribution in [0.2, 0.25) is 0 Å². The Balaban J connectivity index is 2.95. The maximum atomic E-state index is 8.64. The third kappa shape index (κ3) is 7.60. The minimum atomic E-state index is 0.160. The standard InChI is InChI=1S/C10H20O/c1-3-4-5-6-7-8-10(2)9-11/h11H,2-9H2,1H3. The molecule has 0 aromatic carbocycles. The maximum Gasteiger partial charge on any atom is 0.0639 e. The largest absolute Gasteiger partial charge is 0.392 e. The van der Waals surface area contributed by atoms with Gasteiger partial charge in [-0.3, -0.25) is 0 Å². The van der Waals surface area contributed by atoms with Crippen molar-refractivity contribution in [2.75, 3.05) is 6.61 Å². The first-order chi connectivity index (χ1) is 5.31. The molecule has 1 heteroatoms.